The Morgan fingerprint density at radius 3 is 2.79 bits per heavy atom. The summed E-state index contributed by atoms with van der Waals surface area (Å²) in [6, 6.07) is 3.10. The first-order chi connectivity index (χ1) is 9.02. The number of carbonyl (C=O) groups is 1. The fourth-order valence-corrected chi connectivity index (χ4v) is 2.48. The molecule has 104 valence electrons. The van der Waals surface area contributed by atoms with Crippen molar-refractivity contribution in [3.05, 3.63) is 35.4 Å². The topological polar surface area (TPSA) is 46.3 Å². The molecule has 1 aromatic rings. The summed E-state index contributed by atoms with van der Waals surface area (Å²) in [5, 5.41) is 0. The van der Waals surface area contributed by atoms with E-state index < -0.39 is 11.6 Å². The molecule has 1 saturated heterocycles. The summed E-state index contributed by atoms with van der Waals surface area (Å²) in [5.41, 5.74) is 5.56. The number of piperidine rings is 1. The summed E-state index contributed by atoms with van der Waals surface area (Å²) < 4.78 is 26.5. The first kappa shape index (κ1) is 13.9. The standard InChI is InChI=1S/C14H18F2N2O/c1-9-2-3-10(7-17)8-18(9)14(19)12-5-4-11(15)6-13(12)16/h4-6,9-10H,2-3,7-8,17H2,1H3. The van der Waals surface area contributed by atoms with Crippen molar-refractivity contribution in [1.29, 1.82) is 0 Å². The predicted molar refractivity (Wildman–Crippen MR) is 68.6 cm³/mol. The Kier molecular flexibility index (Phi) is 4.14. The van der Waals surface area contributed by atoms with E-state index in [1.54, 1.807) is 4.90 Å². The Balaban J connectivity index is 2.22. The third kappa shape index (κ3) is 2.92. The number of carbonyl (C=O) groups excluding carboxylic acids is 1. The summed E-state index contributed by atoms with van der Waals surface area (Å²) in [7, 11) is 0. The average Bonchev–Trinajstić information content (AvgIpc) is 2.38. The molecule has 2 unspecified atom stereocenters. The zero-order valence-electron chi connectivity index (χ0n) is 10.9. The number of nitrogens with two attached hydrogens (primary N) is 1. The molecule has 1 aromatic carbocycles. The third-order valence-electron chi connectivity index (χ3n) is 3.74. The van der Waals surface area contributed by atoms with Crippen molar-refractivity contribution < 1.29 is 13.6 Å². The average molecular weight is 268 g/mol. The van der Waals surface area contributed by atoms with E-state index in [2.05, 4.69) is 0 Å². The number of likely N-dealkylation sites (tertiary alicyclic amines) is 1. The number of nitrogens with zero attached hydrogens (tertiary/aromatic N) is 1. The van der Waals surface area contributed by atoms with Crippen LogP contribution in [0.15, 0.2) is 18.2 Å². The van der Waals surface area contributed by atoms with Gasteiger partial charge in [0.2, 0.25) is 0 Å². The van der Waals surface area contributed by atoms with Crippen LogP contribution >= 0.6 is 0 Å². The number of benzene rings is 1. The molecular weight excluding hydrogens is 250 g/mol. The Hall–Kier alpha value is -1.49. The van der Waals surface area contributed by atoms with Gasteiger partial charge in [-0.15, -0.1) is 0 Å². The second-order valence-corrected chi connectivity index (χ2v) is 5.11. The van der Waals surface area contributed by atoms with E-state index in [0.29, 0.717) is 13.1 Å². The minimum atomic E-state index is -0.813. The first-order valence-electron chi connectivity index (χ1n) is 6.49. The van der Waals surface area contributed by atoms with Gasteiger partial charge in [-0.3, -0.25) is 4.79 Å². The lowest BCUT2D eigenvalue weighted by molar-refractivity contribution is 0.0562. The maximum atomic E-state index is 13.6. The molecule has 19 heavy (non-hydrogen) atoms. The summed E-state index contributed by atoms with van der Waals surface area (Å²) >= 11 is 0. The summed E-state index contributed by atoms with van der Waals surface area (Å²) in [6.07, 6.45) is 1.84. The van der Waals surface area contributed by atoms with Crippen molar-refractivity contribution in [2.75, 3.05) is 13.1 Å². The maximum Gasteiger partial charge on any atom is 0.257 e. The Morgan fingerprint density at radius 2 is 2.16 bits per heavy atom. The smallest absolute Gasteiger partial charge is 0.257 e. The number of rotatable bonds is 2. The van der Waals surface area contributed by atoms with E-state index in [1.807, 2.05) is 6.92 Å². The van der Waals surface area contributed by atoms with Gasteiger partial charge in [0, 0.05) is 18.7 Å². The van der Waals surface area contributed by atoms with E-state index in [0.717, 1.165) is 25.0 Å². The van der Waals surface area contributed by atoms with Crippen molar-refractivity contribution in [1.82, 2.24) is 4.90 Å². The monoisotopic (exact) mass is 268 g/mol. The molecular formula is C14H18F2N2O. The number of hydrogen-bond donors (Lipinski definition) is 1. The van der Waals surface area contributed by atoms with Gasteiger partial charge in [0.25, 0.3) is 5.91 Å². The molecule has 0 aromatic heterocycles. The molecule has 0 spiro atoms. The van der Waals surface area contributed by atoms with Crippen LogP contribution in [0.4, 0.5) is 8.78 Å². The molecule has 0 saturated carbocycles. The second-order valence-electron chi connectivity index (χ2n) is 5.11. The molecule has 0 radical (unpaired) electrons. The maximum absolute atomic E-state index is 13.6. The van der Waals surface area contributed by atoms with Crippen molar-refractivity contribution >= 4 is 5.91 Å². The van der Waals surface area contributed by atoms with Crippen LogP contribution in [0.5, 0.6) is 0 Å². The molecule has 2 rings (SSSR count). The zero-order chi connectivity index (χ0) is 14.0. The summed E-state index contributed by atoms with van der Waals surface area (Å²) in [4.78, 5) is 14.0. The number of amides is 1. The minimum absolute atomic E-state index is 0.0553. The van der Waals surface area contributed by atoms with Crippen LogP contribution < -0.4 is 5.73 Å². The van der Waals surface area contributed by atoms with Crippen molar-refractivity contribution in [3.63, 3.8) is 0 Å². The molecule has 5 heteroatoms. The second kappa shape index (κ2) is 5.65. The van der Waals surface area contributed by atoms with Crippen LogP contribution in [0.1, 0.15) is 30.1 Å². The lowest BCUT2D eigenvalue weighted by atomic mass is 9.93. The van der Waals surface area contributed by atoms with Crippen LogP contribution in [-0.2, 0) is 0 Å². The van der Waals surface area contributed by atoms with Gasteiger partial charge < -0.3 is 10.6 Å². The highest BCUT2D eigenvalue weighted by molar-refractivity contribution is 5.94. The van der Waals surface area contributed by atoms with Crippen molar-refractivity contribution in [3.8, 4) is 0 Å². The number of hydrogen-bond acceptors (Lipinski definition) is 2. The molecule has 1 aliphatic heterocycles. The lowest BCUT2D eigenvalue weighted by Crippen LogP contribution is -2.47. The molecule has 2 atom stereocenters. The van der Waals surface area contributed by atoms with Gasteiger partial charge in [-0.2, -0.15) is 0 Å². The van der Waals surface area contributed by atoms with Crippen LogP contribution in [0.25, 0.3) is 0 Å². The van der Waals surface area contributed by atoms with E-state index in [9.17, 15) is 13.6 Å². The Morgan fingerprint density at radius 1 is 1.42 bits per heavy atom. The van der Waals surface area contributed by atoms with E-state index >= 15 is 0 Å². The van der Waals surface area contributed by atoms with Gasteiger partial charge in [-0.1, -0.05) is 0 Å². The predicted octanol–water partition coefficient (Wildman–Crippen LogP) is 2.16. The SMILES string of the molecule is CC1CCC(CN)CN1C(=O)c1ccc(F)cc1F. The molecule has 0 bridgehead atoms. The van der Waals surface area contributed by atoms with Crippen molar-refractivity contribution in [2.24, 2.45) is 11.7 Å². The van der Waals surface area contributed by atoms with Gasteiger partial charge in [0.05, 0.1) is 5.56 Å². The molecule has 1 heterocycles. The van der Waals surface area contributed by atoms with E-state index in [1.165, 1.54) is 6.07 Å². The highest BCUT2D eigenvalue weighted by atomic mass is 19.1. The van der Waals surface area contributed by atoms with Gasteiger partial charge in [-0.05, 0) is 44.4 Å². The Bertz CT molecular complexity index is 479. The first-order valence-corrected chi connectivity index (χ1v) is 6.49. The highest BCUT2D eigenvalue weighted by Gasteiger charge is 2.30. The van der Waals surface area contributed by atoms with Gasteiger partial charge in [-0.25, -0.2) is 8.78 Å². The van der Waals surface area contributed by atoms with Crippen LogP contribution in [0.3, 0.4) is 0 Å². The zero-order valence-corrected chi connectivity index (χ0v) is 10.9. The Labute approximate surface area is 111 Å². The molecule has 0 aliphatic carbocycles. The van der Waals surface area contributed by atoms with Crippen LogP contribution in [0.2, 0.25) is 0 Å². The molecule has 2 N–H and O–H groups in total. The van der Waals surface area contributed by atoms with Crippen LogP contribution in [-0.4, -0.2) is 29.9 Å². The minimum Gasteiger partial charge on any atom is -0.336 e. The van der Waals surface area contributed by atoms with Gasteiger partial charge in [0.1, 0.15) is 11.6 Å². The van der Waals surface area contributed by atoms with Crippen molar-refractivity contribution in [2.45, 2.75) is 25.8 Å². The number of halogens is 2. The molecule has 1 amide bonds. The van der Waals surface area contributed by atoms with Gasteiger partial charge >= 0.3 is 0 Å². The fourth-order valence-electron chi connectivity index (χ4n) is 2.48. The highest BCUT2D eigenvalue weighted by Crippen LogP contribution is 2.24. The fraction of sp³-hybridized carbons (Fsp3) is 0.500. The normalized spacial score (nSPS) is 23.5. The third-order valence-corrected chi connectivity index (χ3v) is 3.74. The summed E-state index contributed by atoms with van der Waals surface area (Å²) in [6.45, 7) is 2.99. The van der Waals surface area contributed by atoms with Crippen LogP contribution in [0, 0.1) is 17.6 Å². The molecule has 3 nitrogen and oxygen atoms in total. The van der Waals surface area contributed by atoms with E-state index in [4.69, 9.17) is 5.73 Å². The molecule has 1 fully saturated rings. The largest absolute Gasteiger partial charge is 0.336 e. The van der Waals surface area contributed by atoms with Gasteiger partial charge in [0.15, 0.2) is 0 Å². The lowest BCUT2D eigenvalue weighted by Gasteiger charge is -2.37. The molecule has 1 aliphatic rings. The van der Waals surface area contributed by atoms with E-state index in [-0.39, 0.29) is 23.4 Å². The summed E-state index contributed by atoms with van der Waals surface area (Å²) in [5.74, 6) is -1.63. The quantitative estimate of drug-likeness (QED) is 0.893.